The smallest absolute Gasteiger partial charge is 0.180 e. The van der Waals surface area contributed by atoms with Crippen LogP contribution in [0.15, 0.2) is 42.6 Å². The van der Waals surface area contributed by atoms with Crippen LogP contribution < -0.4 is 0 Å². The van der Waals surface area contributed by atoms with E-state index in [0.717, 1.165) is 72.7 Å². The van der Waals surface area contributed by atoms with Crippen molar-refractivity contribution in [1.82, 2.24) is 40.4 Å². The van der Waals surface area contributed by atoms with Gasteiger partial charge in [-0.25, -0.2) is 14.8 Å². The zero-order valence-electron chi connectivity index (χ0n) is 18.8. The molecule has 4 aromatic rings. The number of aromatic amines is 1. The highest BCUT2D eigenvalue weighted by Crippen LogP contribution is 2.28. The molecule has 3 heterocycles. The summed E-state index contributed by atoms with van der Waals surface area (Å²) in [5.41, 5.74) is 3.92. The van der Waals surface area contributed by atoms with Gasteiger partial charge in [0.1, 0.15) is 5.82 Å². The molecule has 0 saturated carbocycles. The van der Waals surface area contributed by atoms with E-state index >= 15 is 0 Å². The van der Waals surface area contributed by atoms with E-state index in [4.69, 9.17) is 15.1 Å². The highest BCUT2D eigenvalue weighted by atomic mass is 15.5. The van der Waals surface area contributed by atoms with Crippen LogP contribution in [-0.2, 0) is 19.4 Å². The van der Waals surface area contributed by atoms with Crippen LogP contribution in [0.1, 0.15) is 63.2 Å². The van der Waals surface area contributed by atoms with Gasteiger partial charge in [0.05, 0.1) is 5.69 Å². The Morgan fingerprint density at radius 2 is 1.78 bits per heavy atom. The van der Waals surface area contributed by atoms with Gasteiger partial charge >= 0.3 is 0 Å². The molecule has 4 rings (SSSR count). The van der Waals surface area contributed by atoms with Gasteiger partial charge in [-0.2, -0.15) is 5.10 Å². The van der Waals surface area contributed by atoms with E-state index in [1.807, 2.05) is 36.5 Å². The third kappa shape index (κ3) is 5.25. The van der Waals surface area contributed by atoms with E-state index in [-0.39, 0.29) is 0 Å². The fourth-order valence-electron chi connectivity index (χ4n) is 3.74. The van der Waals surface area contributed by atoms with Crippen molar-refractivity contribution in [3.63, 3.8) is 0 Å². The Hall–Kier alpha value is -3.42. The number of rotatable bonds is 11. The van der Waals surface area contributed by atoms with Crippen LogP contribution in [-0.4, -0.2) is 40.4 Å². The molecule has 32 heavy (non-hydrogen) atoms. The molecule has 0 aliphatic heterocycles. The van der Waals surface area contributed by atoms with Crippen LogP contribution in [0.2, 0.25) is 0 Å². The highest BCUT2D eigenvalue weighted by Gasteiger charge is 2.13. The van der Waals surface area contributed by atoms with Crippen LogP contribution in [0, 0.1) is 0 Å². The molecular weight excluding hydrogens is 400 g/mol. The monoisotopic (exact) mass is 430 g/mol. The summed E-state index contributed by atoms with van der Waals surface area (Å²) in [6, 6.07) is 12.2. The minimum atomic E-state index is 0.631. The van der Waals surface area contributed by atoms with Gasteiger partial charge in [0, 0.05) is 36.7 Å². The predicted molar refractivity (Wildman–Crippen MR) is 124 cm³/mol. The predicted octanol–water partition coefficient (Wildman–Crippen LogP) is 4.64. The zero-order valence-corrected chi connectivity index (χ0v) is 18.8. The second-order valence-electron chi connectivity index (χ2n) is 8.00. The first kappa shape index (κ1) is 21.8. The Bertz CT molecular complexity index is 1100. The third-order valence-electron chi connectivity index (χ3n) is 5.51. The van der Waals surface area contributed by atoms with Crippen LogP contribution in [0.3, 0.4) is 0 Å². The molecule has 1 aromatic carbocycles. The number of unbranched alkanes of at least 4 members (excludes halogenated alkanes) is 3. The lowest BCUT2D eigenvalue weighted by Crippen LogP contribution is -2.07. The maximum absolute atomic E-state index is 4.86. The van der Waals surface area contributed by atoms with E-state index in [1.165, 1.54) is 12.8 Å². The summed E-state index contributed by atoms with van der Waals surface area (Å²) >= 11 is 0. The molecule has 0 aliphatic rings. The molecule has 8 nitrogen and oxygen atoms in total. The highest BCUT2D eigenvalue weighted by molar-refractivity contribution is 5.78. The summed E-state index contributed by atoms with van der Waals surface area (Å²) in [7, 11) is 0. The molecule has 8 heteroatoms. The molecule has 0 radical (unpaired) electrons. The van der Waals surface area contributed by atoms with Crippen molar-refractivity contribution < 1.29 is 0 Å². The molecule has 1 N–H and O–H groups in total. The molecule has 0 aliphatic carbocycles. The van der Waals surface area contributed by atoms with Gasteiger partial charge < -0.3 is 0 Å². The van der Waals surface area contributed by atoms with Crippen molar-refractivity contribution in [1.29, 1.82) is 0 Å². The van der Waals surface area contributed by atoms with Gasteiger partial charge in [-0.1, -0.05) is 63.4 Å². The number of nitrogens with zero attached hydrogens (tertiary/aromatic N) is 7. The van der Waals surface area contributed by atoms with Crippen molar-refractivity contribution in [2.45, 2.75) is 65.3 Å². The minimum absolute atomic E-state index is 0.631. The Morgan fingerprint density at radius 1 is 0.938 bits per heavy atom. The fourth-order valence-corrected chi connectivity index (χ4v) is 3.74. The van der Waals surface area contributed by atoms with Crippen molar-refractivity contribution >= 4 is 0 Å². The number of benzene rings is 1. The summed E-state index contributed by atoms with van der Waals surface area (Å²) in [6.07, 6.45) is 9.42. The van der Waals surface area contributed by atoms with E-state index in [9.17, 15) is 0 Å². The van der Waals surface area contributed by atoms with E-state index < -0.39 is 0 Å². The maximum Gasteiger partial charge on any atom is 0.180 e. The molecule has 3 aromatic heterocycles. The summed E-state index contributed by atoms with van der Waals surface area (Å²) in [5.74, 6) is 2.61. The Morgan fingerprint density at radius 3 is 2.50 bits per heavy atom. The third-order valence-corrected chi connectivity index (χ3v) is 5.51. The van der Waals surface area contributed by atoms with Crippen LogP contribution in [0.5, 0.6) is 0 Å². The van der Waals surface area contributed by atoms with Gasteiger partial charge in [-0.3, -0.25) is 4.98 Å². The lowest BCUT2D eigenvalue weighted by atomic mass is 10.0. The van der Waals surface area contributed by atoms with Crippen LogP contribution >= 0.6 is 0 Å². The second-order valence-corrected chi connectivity index (χ2v) is 8.00. The summed E-state index contributed by atoms with van der Waals surface area (Å²) < 4.78 is 2.09. The number of nitrogens with one attached hydrogen (secondary N) is 1. The quantitative estimate of drug-likeness (QED) is 0.348. The number of H-pyrrole nitrogens is 1. The lowest BCUT2D eigenvalue weighted by molar-refractivity contribution is 0.544. The molecule has 0 bridgehead atoms. The summed E-state index contributed by atoms with van der Waals surface area (Å²) in [6.45, 7) is 5.33. The van der Waals surface area contributed by atoms with Gasteiger partial charge in [0.25, 0.3) is 0 Å². The van der Waals surface area contributed by atoms with Crippen LogP contribution in [0.4, 0.5) is 0 Å². The zero-order chi connectivity index (χ0) is 22.2. The maximum atomic E-state index is 4.86. The van der Waals surface area contributed by atoms with E-state index in [2.05, 4.69) is 45.2 Å². The standard InChI is InChI=1S/C24H30N8/c1-3-5-7-12-22-26-23(32(29-22)15-6-4-2)16-18-13-14-21(25-17-18)19-10-8-9-11-20(19)24-27-30-31-28-24/h8-11,13-14,17H,3-7,12,15-16H2,1-2H3,(H,27,28,30,31). The second kappa shape index (κ2) is 10.7. The van der Waals surface area contributed by atoms with Gasteiger partial charge in [-0.15, -0.1) is 5.10 Å². The lowest BCUT2D eigenvalue weighted by Gasteiger charge is -2.08. The van der Waals surface area contributed by atoms with Crippen LogP contribution in [0.25, 0.3) is 22.6 Å². The molecule has 0 atom stereocenters. The number of tetrazole rings is 1. The molecule has 0 fully saturated rings. The number of pyridine rings is 1. The fraction of sp³-hybridized carbons (Fsp3) is 0.417. The number of aromatic nitrogens is 8. The topological polar surface area (TPSA) is 98.1 Å². The van der Waals surface area contributed by atoms with Gasteiger partial charge in [-0.05, 0) is 34.9 Å². The SMILES string of the molecule is CCCCCc1nc(Cc2ccc(-c3ccccc3-c3nnn[nH]3)nc2)n(CCCC)n1. The first-order valence-corrected chi connectivity index (χ1v) is 11.5. The minimum Gasteiger partial charge on any atom is -0.256 e. The Kier molecular flexibility index (Phi) is 7.32. The largest absolute Gasteiger partial charge is 0.256 e. The first-order valence-electron chi connectivity index (χ1n) is 11.5. The number of aryl methyl sites for hydroxylation is 2. The molecule has 0 amide bonds. The van der Waals surface area contributed by atoms with Crippen molar-refractivity contribution in [3.05, 3.63) is 59.8 Å². The molecule has 0 spiro atoms. The van der Waals surface area contributed by atoms with Crippen molar-refractivity contribution in [2.75, 3.05) is 0 Å². The summed E-state index contributed by atoms with van der Waals surface area (Å²) in [5, 5.41) is 19.0. The number of hydrogen-bond donors (Lipinski definition) is 1. The normalized spacial score (nSPS) is 11.2. The van der Waals surface area contributed by atoms with E-state index in [1.54, 1.807) is 0 Å². The Balaban J connectivity index is 1.53. The average Bonchev–Trinajstić information content (AvgIpc) is 3.49. The number of hydrogen-bond acceptors (Lipinski definition) is 6. The van der Waals surface area contributed by atoms with E-state index in [0.29, 0.717) is 5.82 Å². The average molecular weight is 431 g/mol. The molecule has 0 unspecified atom stereocenters. The first-order chi connectivity index (χ1) is 15.8. The Labute approximate surface area is 188 Å². The molecule has 0 saturated heterocycles. The van der Waals surface area contributed by atoms with Crippen molar-refractivity contribution in [2.24, 2.45) is 0 Å². The van der Waals surface area contributed by atoms with Gasteiger partial charge in [0.2, 0.25) is 0 Å². The molecule has 166 valence electrons. The van der Waals surface area contributed by atoms with Gasteiger partial charge in [0.15, 0.2) is 11.6 Å². The van der Waals surface area contributed by atoms with Crippen molar-refractivity contribution in [3.8, 4) is 22.6 Å². The molecular formula is C24H30N8. The summed E-state index contributed by atoms with van der Waals surface area (Å²) in [4.78, 5) is 9.59.